The van der Waals surface area contributed by atoms with E-state index in [-0.39, 0.29) is 24.2 Å². The molecule has 2 atom stereocenters. The number of nitrogens with one attached hydrogen (secondary N) is 2. The van der Waals surface area contributed by atoms with Crippen molar-refractivity contribution in [1.82, 2.24) is 20.2 Å². The first-order valence-electron chi connectivity index (χ1n) is 14.1. The van der Waals surface area contributed by atoms with Crippen LogP contribution in [-0.2, 0) is 21.1 Å². The number of aryl methyl sites for hydroxylation is 1. The van der Waals surface area contributed by atoms with E-state index in [1.165, 1.54) is 0 Å². The highest BCUT2D eigenvalue weighted by molar-refractivity contribution is 7.92. The van der Waals surface area contributed by atoms with Crippen molar-refractivity contribution in [2.24, 2.45) is 9.98 Å². The second kappa shape index (κ2) is 13.8. The van der Waals surface area contributed by atoms with E-state index >= 15 is 0 Å². The minimum atomic E-state index is -2.78. The number of likely N-dealkylation sites (N-methyl/N-ethyl adjacent to an activating group) is 1. The first-order valence-corrected chi connectivity index (χ1v) is 15.8. The second-order valence-electron chi connectivity index (χ2n) is 10.7. The van der Waals surface area contributed by atoms with E-state index in [1.54, 1.807) is 37.5 Å². The summed E-state index contributed by atoms with van der Waals surface area (Å²) < 4.78 is 20.3. The van der Waals surface area contributed by atoms with Gasteiger partial charge in [-0.1, -0.05) is 32.6 Å². The molecule has 1 heterocycles. The molecular weight excluding hydrogens is 534 g/mol. The van der Waals surface area contributed by atoms with Gasteiger partial charge >= 0.3 is 0 Å². The van der Waals surface area contributed by atoms with Crippen LogP contribution in [0.4, 0.5) is 0 Å². The van der Waals surface area contributed by atoms with Crippen molar-refractivity contribution < 1.29 is 9.00 Å². The molecule has 41 heavy (non-hydrogen) atoms. The van der Waals surface area contributed by atoms with Gasteiger partial charge < -0.3 is 10.2 Å². The maximum Gasteiger partial charge on any atom is 0.185 e. The fourth-order valence-corrected chi connectivity index (χ4v) is 5.20. The molecule has 220 valence electrons. The number of carbonyl (C=O) groups excluding carboxylic acids is 1. The molecule has 1 aliphatic carbocycles. The van der Waals surface area contributed by atoms with Gasteiger partial charge in [-0.2, -0.15) is 0 Å². The lowest BCUT2D eigenvalue weighted by Crippen LogP contribution is -2.41. The summed E-state index contributed by atoms with van der Waals surface area (Å²) in [6, 6.07) is 7.15. The van der Waals surface area contributed by atoms with E-state index in [0.29, 0.717) is 34.3 Å². The quantitative estimate of drug-likeness (QED) is 0.185. The average molecular weight is 578 g/mol. The number of aromatic nitrogens is 2. The number of allylic oxidation sites excluding steroid dienone is 1. The zero-order chi connectivity index (χ0) is 30.3. The van der Waals surface area contributed by atoms with Crippen LogP contribution in [0, 0.1) is 11.7 Å². The largest absolute Gasteiger partial charge is 0.355 e. The normalized spacial score (nSPS) is 16.0. The van der Waals surface area contributed by atoms with Gasteiger partial charge in [-0.3, -0.25) is 9.79 Å². The molecule has 1 aromatic carbocycles. The lowest BCUT2D eigenvalue weighted by Gasteiger charge is -2.30. The summed E-state index contributed by atoms with van der Waals surface area (Å²) in [5.41, 5.74) is 5.74. The molecule has 1 aromatic heterocycles. The Morgan fingerprint density at radius 2 is 1.90 bits per heavy atom. The Hall–Kier alpha value is -3.66. The molecule has 0 spiro atoms. The van der Waals surface area contributed by atoms with E-state index in [2.05, 4.69) is 45.6 Å². The van der Waals surface area contributed by atoms with E-state index < -0.39 is 9.73 Å². The minimum absolute atomic E-state index is 0.164. The second-order valence-corrected chi connectivity index (χ2v) is 13.1. The molecule has 1 saturated carbocycles. The first-order chi connectivity index (χ1) is 19.4. The van der Waals surface area contributed by atoms with Gasteiger partial charge in [0.15, 0.2) is 18.0 Å². The van der Waals surface area contributed by atoms with Crippen molar-refractivity contribution in [3.63, 3.8) is 0 Å². The van der Waals surface area contributed by atoms with E-state index in [4.69, 9.17) is 9.77 Å². The number of hydrogen-bond donors (Lipinski definition) is 2. The predicted octanol–water partition coefficient (Wildman–Crippen LogP) is 5.87. The van der Waals surface area contributed by atoms with Crippen LogP contribution in [0.15, 0.2) is 63.3 Å². The monoisotopic (exact) mass is 577 g/mol. The van der Waals surface area contributed by atoms with Crippen molar-refractivity contribution >= 4 is 33.4 Å². The molecule has 2 N–H and O–H groups in total. The lowest BCUT2D eigenvalue weighted by atomic mass is 10.1. The molecule has 9 nitrogen and oxygen atoms in total. The van der Waals surface area contributed by atoms with Crippen LogP contribution in [0.5, 0.6) is 0 Å². The lowest BCUT2D eigenvalue weighted by molar-refractivity contribution is -0.102. The summed E-state index contributed by atoms with van der Waals surface area (Å²) >= 11 is 0. The number of amidine groups is 2. The van der Waals surface area contributed by atoms with Crippen LogP contribution in [0.2, 0.25) is 0 Å². The third-order valence-electron chi connectivity index (χ3n) is 7.38. The summed E-state index contributed by atoms with van der Waals surface area (Å²) in [6.45, 7) is 16.4. The molecule has 3 rings (SSSR count). The van der Waals surface area contributed by atoms with Crippen LogP contribution in [0.3, 0.4) is 0 Å². The van der Waals surface area contributed by atoms with E-state index in [9.17, 15) is 9.00 Å². The Kier molecular flexibility index (Phi) is 10.7. The van der Waals surface area contributed by atoms with Gasteiger partial charge in [-0.05, 0) is 70.2 Å². The zero-order valence-corrected chi connectivity index (χ0v) is 26.1. The summed E-state index contributed by atoms with van der Waals surface area (Å²) in [4.78, 5) is 33.3. The Morgan fingerprint density at radius 1 is 1.24 bits per heavy atom. The Bertz CT molecular complexity index is 1470. The van der Waals surface area contributed by atoms with Gasteiger partial charge in [-0.25, -0.2) is 23.9 Å². The van der Waals surface area contributed by atoms with Crippen LogP contribution < -0.4 is 5.32 Å². The van der Waals surface area contributed by atoms with E-state index in [1.807, 2.05) is 27.8 Å². The van der Waals surface area contributed by atoms with E-state index in [0.717, 1.165) is 47.4 Å². The SMILES string of the molecule is C=C(N=C(C(NC(C=O)=NCc1ccc(S(=N)(=O)CC)cc1)=C(C)C)N(C)[C@@H](C)CC)c1c(C)ncnc1C1CC1. The molecule has 10 heteroatoms. The smallest absolute Gasteiger partial charge is 0.185 e. The third-order valence-corrected chi connectivity index (χ3v) is 9.22. The molecule has 1 aliphatic rings. The van der Waals surface area contributed by atoms with Crippen LogP contribution >= 0.6 is 0 Å². The van der Waals surface area contributed by atoms with Gasteiger partial charge in [0.1, 0.15) is 6.33 Å². The highest BCUT2D eigenvalue weighted by Crippen LogP contribution is 2.42. The van der Waals surface area contributed by atoms with Crippen molar-refractivity contribution in [2.45, 2.75) is 84.2 Å². The fraction of sp³-hybridized carbons (Fsp3) is 0.452. The number of carbonyl (C=O) groups is 1. The summed E-state index contributed by atoms with van der Waals surface area (Å²) in [7, 11) is -0.797. The Balaban J connectivity index is 1.97. The van der Waals surface area contributed by atoms with Crippen molar-refractivity contribution in [1.29, 1.82) is 4.78 Å². The molecule has 0 radical (unpaired) electrons. The molecule has 0 amide bonds. The van der Waals surface area contributed by atoms with Gasteiger partial charge in [-0.15, -0.1) is 0 Å². The van der Waals surface area contributed by atoms with Crippen molar-refractivity contribution in [3.05, 3.63) is 71.0 Å². The minimum Gasteiger partial charge on any atom is -0.355 e. The fourth-order valence-electron chi connectivity index (χ4n) is 4.29. The molecule has 1 unspecified atom stereocenters. The van der Waals surface area contributed by atoms with Crippen LogP contribution in [0.1, 0.15) is 82.3 Å². The number of rotatable bonds is 12. The van der Waals surface area contributed by atoms with Crippen molar-refractivity contribution in [2.75, 3.05) is 12.8 Å². The van der Waals surface area contributed by atoms with Crippen molar-refractivity contribution in [3.8, 4) is 0 Å². The summed E-state index contributed by atoms with van der Waals surface area (Å²) in [5, 5.41) is 3.24. The van der Waals surface area contributed by atoms with Gasteiger partial charge in [0, 0.05) is 35.2 Å². The predicted molar refractivity (Wildman–Crippen MR) is 168 cm³/mol. The highest BCUT2D eigenvalue weighted by Gasteiger charge is 2.30. The number of aliphatic imine (C=N–C) groups is 2. The van der Waals surface area contributed by atoms with Gasteiger partial charge in [0.2, 0.25) is 0 Å². The summed E-state index contributed by atoms with van der Waals surface area (Å²) in [5.74, 6) is 1.48. The number of nitrogens with zero attached hydrogens (tertiary/aromatic N) is 5. The van der Waals surface area contributed by atoms with Gasteiger partial charge in [0.05, 0.1) is 39.1 Å². The molecule has 1 fully saturated rings. The third kappa shape index (κ3) is 7.97. The number of benzene rings is 1. The first kappa shape index (κ1) is 31.9. The number of aldehydes is 1. The molecule has 2 aromatic rings. The maximum absolute atomic E-state index is 12.3. The number of hydrogen-bond acceptors (Lipinski definition) is 7. The highest BCUT2D eigenvalue weighted by atomic mass is 32.2. The Morgan fingerprint density at radius 3 is 2.44 bits per heavy atom. The molecule has 0 bridgehead atoms. The molecule has 0 aliphatic heterocycles. The average Bonchev–Trinajstić information content (AvgIpc) is 3.81. The van der Waals surface area contributed by atoms with Gasteiger partial charge in [0.25, 0.3) is 0 Å². The van der Waals surface area contributed by atoms with Crippen LogP contribution in [-0.4, -0.2) is 55.9 Å². The molecule has 0 saturated heterocycles. The zero-order valence-electron chi connectivity index (χ0n) is 25.3. The molecular formula is C31H43N7O2S. The summed E-state index contributed by atoms with van der Waals surface area (Å²) in [6.07, 6.45) is 5.40. The standard InChI is InChI=1S/C31H43N7O2S/c1-9-21(5)38(8)31(36-23(7)28-22(6)34-19-35-30(28)25-13-14-25)29(20(3)4)37-27(18-39)33-17-24-11-15-26(16-12-24)41(32,40)10-2/h11-12,15-16,18-19,21,25,32H,7,9-10,13-14,17H2,1-6,8H3,(H,33,37)/t21-,41?/m0/s1. The Labute approximate surface area is 245 Å². The van der Waals surface area contributed by atoms with Crippen LogP contribution in [0.25, 0.3) is 5.70 Å². The maximum atomic E-state index is 12.3. The topological polar surface area (TPSA) is 124 Å².